The van der Waals surface area contributed by atoms with Crippen LogP contribution in [0.4, 0.5) is 0 Å². The number of amides is 1. The molecule has 1 saturated heterocycles. The summed E-state index contributed by atoms with van der Waals surface area (Å²) in [7, 11) is -5.17. The normalized spacial score (nSPS) is 18.0. The quantitative estimate of drug-likeness (QED) is 0.270. The standard InChI is InChI=1S/C6H8NO8P/c8-3(1-16(13,14)15)7-2-6(7,4(9)10)5(11)12/h1-2H2,(H,9,10)(H,11,12)(H2,13,14,15)/p-4. The molecule has 1 amide bonds. The molecule has 16 heavy (non-hydrogen) atoms. The van der Waals surface area contributed by atoms with E-state index in [0.29, 0.717) is 0 Å². The minimum Gasteiger partial charge on any atom is -0.810 e. The molecule has 0 bridgehead atoms. The van der Waals surface area contributed by atoms with Crippen LogP contribution in [0.25, 0.3) is 0 Å². The molecule has 1 fully saturated rings. The summed E-state index contributed by atoms with van der Waals surface area (Å²) in [6.45, 7) is -0.767. The van der Waals surface area contributed by atoms with Crippen molar-refractivity contribution >= 4 is 25.4 Å². The SMILES string of the molecule is O=C(CP(=O)([O-])[O-])N1CC1(C(=O)[O-])C(=O)[O-]. The summed E-state index contributed by atoms with van der Waals surface area (Å²) in [4.78, 5) is 52.6. The summed E-state index contributed by atoms with van der Waals surface area (Å²) in [6.07, 6.45) is -1.48. The van der Waals surface area contributed by atoms with Crippen LogP contribution in [0.2, 0.25) is 0 Å². The van der Waals surface area contributed by atoms with Gasteiger partial charge in [-0.05, 0) is 0 Å². The van der Waals surface area contributed by atoms with Crippen molar-refractivity contribution in [2.45, 2.75) is 5.54 Å². The van der Waals surface area contributed by atoms with Crippen molar-refractivity contribution in [2.24, 2.45) is 0 Å². The Bertz CT molecular complexity index is 397. The topological polar surface area (TPSA) is 164 Å². The van der Waals surface area contributed by atoms with Crippen molar-refractivity contribution in [2.75, 3.05) is 12.7 Å². The third kappa shape index (κ3) is 2.06. The van der Waals surface area contributed by atoms with E-state index in [0.717, 1.165) is 0 Å². The van der Waals surface area contributed by atoms with Gasteiger partial charge in [-0.3, -0.25) is 4.79 Å². The molecule has 0 atom stereocenters. The summed E-state index contributed by atoms with van der Waals surface area (Å²) >= 11 is 0. The number of aliphatic carboxylic acids is 2. The molecule has 1 rings (SSSR count). The molecule has 0 spiro atoms. The van der Waals surface area contributed by atoms with Crippen LogP contribution in [-0.2, 0) is 18.9 Å². The van der Waals surface area contributed by atoms with Gasteiger partial charge in [-0.15, -0.1) is 0 Å². The molecule has 1 heterocycles. The molecule has 1 aliphatic rings. The molecule has 0 radical (unpaired) electrons. The predicted octanol–water partition coefficient (Wildman–Crippen LogP) is -6.02. The van der Waals surface area contributed by atoms with E-state index < -0.39 is 43.7 Å². The lowest BCUT2D eigenvalue weighted by molar-refractivity contribution is -0.330. The fraction of sp³-hybridized carbons (Fsp3) is 0.500. The maximum Gasteiger partial charge on any atom is 0.228 e. The number of rotatable bonds is 4. The van der Waals surface area contributed by atoms with Crippen molar-refractivity contribution in [3.05, 3.63) is 0 Å². The van der Waals surface area contributed by atoms with Crippen molar-refractivity contribution < 1.29 is 38.9 Å². The van der Waals surface area contributed by atoms with Gasteiger partial charge in [0.15, 0.2) is 0 Å². The van der Waals surface area contributed by atoms with Gasteiger partial charge in [0.1, 0.15) is 5.54 Å². The summed E-state index contributed by atoms with van der Waals surface area (Å²) in [5.41, 5.74) is -2.65. The zero-order valence-electron chi connectivity index (χ0n) is 7.57. The highest BCUT2D eigenvalue weighted by molar-refractivity contribution is 7.49. The van der Waals surface area contributed by atoms with Crippen LogP contribution in [0, 0.1) is 0 Å². The van der Waals surface area contributed by atoms with Crippen LogP contribution in [0.1, 0.15) is 0 Å². The van der Waals surface area contributed by atoms with Gasteiger partial charge in [0, 0.05) is 0 Å². The average molecular weight is 249 g/mol. The van der Waals surface area contributed by atoms with Crippen LogP contribution < -0.4 is 20.0 Å². The number of carboxylic acids is 2. The fourth-order valence-corrected chi connectivity index (χ4v) is 1.68. The first kappa shape index (κ1) is 12.6. The summed E-state index contributed by atoms with van der Waals surface area (Å²) in [5, 5.41) is 20.9. The number of nitrogens with zero attached hydrogens (tertiary/aromatic N) is 1. The van der Waals surface area contributed by atoms with Gasteiger partial charge in [-0.2, -0.15) is 0 Å². The molecule has 0 saturated carbocycles. The summed E-state index contributed by atoms with van der Waals surface area (Å²) < 4.78 is 10.2. The van der Waals surface area contributed by atoms with Gasteiger partial charge in [-0.25, -0.2) is 0 Å². The van der Waals surface area contributed by atoms with Gasteiger partial charge in [0.25, 0.3) is 0 Å². The Morgan fingerprint density at radius 1 is 1.19 bits per heavy atom. The Morgan fingerprint density at radius 3 is 1.88 bits per heavy atom. The van der Waals surface area contributed by atoms with E-state index in [2.05, 4.69) is 0 Å². The third-order valence-electron chi connectivity index (χ3n) is 2.05. The van der Waals surface area contributed by atoms with Crippen LogP contribution >= 0.6 is 7.60 Å². The number of hydrogen-bond donors (Lipinski definition) is 0. The smallest absolute Gasteiger partial charge is 0.228 e. The molecule has 1 aliphatic heterocycles. The van der Waals surface area contributed by atoms with Crippen LogP contribution in [0.5, 0.6) is 0 Å². The van der Waals surface area contributed by atoms with Crippen LogP contribution in [0.15, 0.2) is 0 Å². The molecule has 9 nitrogen and oxygen atoms in total. The van der Waals surface area contributed by atoms with E-state index in [1.54, 1.807) is 0 Å². The highest BCUT2D eigenvalue weighted by atomic mass is 31.2. The van der Waals surface area contributed by atoms with E-state index in [1.165, 1.54) is 0 Å². The molecule has 90 valence electrons. The second-order valence-corrected chi connectivity index (χ2v) is 4.72. The Morgan fingerprint density at radius 2 is 1.62 bits per heavy atom. The van der Waals surface area contributed by atoms with Crippen LogP contribution in [-0.4, -0.2) is 41.0 Å². The highest BCUT2D eigenvalue weighted by Gasteiger charge is 2.57. The van der Waals surface area contributed by atoms with E-state index in [9.17, 15) is 38.9 Å². The van der Waals surface area contributed by atoms with Gasteiger partial charge < -0.3 is 39.1 Å². The van der Waals surface area contributed by atoms with Gasteiger partial charge >= 0.3 is 0 Å². The number of carbonyl (C=O) groups excluding carboxylic acids is 3. The van der Waals surface area contributed by atoms with Gasteiger partial charge in [-0.1, -0.05) is 7.60 Å². The molecular weight excluding hydrogens is 245 g/mol. The first-order chi connectivity index (χ1) is 7.11. The zero-order valence-corrected chi connectivity index (χ0v) is 8.47. The summed E-state index contributed by atoms with van der Waals surface area (Å²) in [5.74, 6) is -5.58. The molecular formula is C6H4NO8P-4. The largest absolute Gasteiger partial charge is 0.810 e. The Kier molecular flexibility index (Phi) is 2.80. The van der Waals surface area contributed by atoms with E-state index in [1.807, 2.05) is 0 Å². The van der Waals surface area contributed by atoms with Crippen molar-refractivity contribution in [3.63, 3.8) is 0 Å². The first-order valence-electron chi connectivity index (χ1n) is 3.86. The molecule has 0 aliphatic carbocycles. The van der Waals surface area contributed by atoms with E-state index in [-0.39, 0.29) is 4.90 Å². The van der Waals surface area contributed by atoms with Crippen molar-refractivity contribution in [1.82, 2.24) is 4.90 Å². The zero-order chi connectivity index (χ0) is 12.7. The third-order valence-corrected chi connectivity index (χ3v) is 2.71. The molecule has 10 heteroatoms. The minimum absolute atomic E-state index is 0.195. The number of hydrogen-bond acceptors (Lipinski definition) is 8. The minimum atomic E-state index is -5.17. The fourth-order valence-electron chi connectivity index (χ4n) is 1.18. The second kappa shape index (κ2) is 3.55. The molecule has 0 aromatic rings. The first-order valence-corrected chi connectivity index (χ1v) is 5.58. The van der Waals surface area contributed by atoms with Crippen molar-refractivity contribution in [3.8, 4) is 0 Å². The number of carbonyl (C=O) groups is 3. The highest BCUT2D eigenvalue weighted by Crippen LogP contribution is 2.34. The maximum atomic E-state index is 11.0. The monoisotopic (exact) mass is 249 g/mol. The number of carboxylic acid groups (broad SMARTS) is 2. The lowest BCUT2D eigenvalue weighted by Gasteiger charge is -2.29. The Balaban J connectivity index is 2.81. The van der Waals surface area contributed by atoms with Gasteiger partial charge in [0.05, 0.1) is 24.6 Å². The van der Waals surface area contributed by atoms with Gasteiger partial charge in [0.2, 0.25) is 5.91 Å². The lowest BCUT2D eigenvalue weighted by Crippen LogP contribution is -2.54. The molecule has 0 N–H and O–H groups in total. The Hall–Kier alpha value is -1.44. The summed E-state index contributed by atoms with van der Waals surface area (Å²) in [6, 6.07) is 0. The Labute approximate surface area is 88.4 Å². The second-order valence-electron chi connectivity index (χ2n) is 3.18. The average Bonchev–Trinajstić information content (AvgIpc) is 2.74. The predicted molar refractivity (Wildman–Crippen MR) is 36.9 cm³/mol. The molecule has 0 unspecified atom stereocenters. The van der Waals surface area contributed by atoms with Crippen LogP contribution in [0.3, 0.4) is 0 Å². The molecule has 0 aromatic heterocycles. The maximum absolute atomic E-state index is 11.0. The van der Waals surface area contributed by atoms with Crippen molar-refractivity contribution in [1.29, 1.82) is 0 Å². The molecule has 0 aromatic carbocycles. The lowest BCUT2D eigenvalue weighted by atomic mass is 10.1. The van der Waals surface area contributed by atoms with E-state index >= 15 is 0 Å². The van der Waals surface area contributed by atoms with E-state index in [4.69, 9.17) is 0 Å².